The fourth-order valence-corrected chi connectivity index (χ4v) is 5.68. The number of carbonyl (C=O) groups excluding carboxylic acids is 1. The van der Waals surface area contributed by atoms with E-state index in [1.165, 1.54) is 6.42 Å². The third-order valence-electron chi connectivity index (χ3n) is 7.82. The van der Waals surface area contributed by atoms with Gasteiger partial charge in [0.1, 0.15) is 5.82 Å². The van der Waals surface area contributed by atoms with Crippen LogP contribution in [0, 0.1) is 5.92 Å². The molecule has 1 aromatic carbocycles. The number of nitrogens with zero attached hydrogens (tertiary/aromatic N) is 5. The summed E-state index contributed by atoms with van der Waals surface area (Å²) in [5.41, 5.74) is 8.51. The molecule has 3 N–H and O–H groups in total. The summed E-state index contributed by atoms with van der Waals surface area (Å²) in [4.78, 5) is 27.0. The standard InChI is InChI=1S/C26H34N8O/c1-32-10-12-33(13-11-32)17-25(35)34-9-7-18-2-3-19(15-23(18)34)26-27-8-6-24(30-26)29-21-4-5-22-20(14-21)16-28-31-22/h2-3,6-9,15,20-22,28,31H,4-5,10-14,16-17H2,1H3,(H,27,29,30). The Labute approximate surface area is 205 Å². The predicted octanol–water partition coefficient (Wildman–Crippen LogP) is 2.04. The van der Waals surface area contributed by atoms with Gasteiger partial charge in [0, 0.05) is 68.2 Å². The predicted molar refractivity (Wildman–Crippen MR) is 137 cm³/mol. The van der Waals surface area contributed by atoms with Crippen LogP contribution in [-0.4, -0.2) is 88.6 Å². The van der Waals surface area contributed by atoms with Crippen molar-refractivity contribution in [2.75, 3.05) is 51.6 Å². The Morgan fingerprint density at radius 3 is 2.91 bits per heavy atom. The summed E-state index contributed by atoms with van der Waals surface area (Å²) in [6, 6.07) is 11.1. The van der Waals surface area contributed by atoms with E-state index >= 15 is 0 Å². The van der Waals surface area contributed by atoms with Gasteiger partial charge in [0.2, 0.25) is 5.91 Å². The van der Waals surface area contributed by atoms with E-state index in [0.717, 1.165) is 67.8 Å². The van der Waals surface area contributed by atoms with E-state index in [0.29, 0.717) is 30.4 Å². The molecule has 1 saturated carbocycles. The van der Waals surface area contributed by atoms with Crippen LogP contribution >= 0.6 is 0 Å². The summed E-state index contributed by atoms with van der Waals surface area (Å²) in [6.07, 6.45) is 7.14. The molecular weight excluding hydrogens is 440 g/mol. The van der Waals surface area contributed by atoms with Crippen molar-refractivity contribution in [2.45, 2.75) is 31.3 Å². The smallest absolute Gasteiger partial charge is 0.245 e. The molecule has 1 aliphatic carbocycles. The van der Waals surface area contributed by atoms with Crippen LogP contribution in [0.15, 0.2) is 42.7 Å². The van der Waals surface area contributed by atoms with Crippen molar-refractivity contribution in [3.05, 3.63) is 42.7 Å². The van der Waals surface area contributed by atoms with Crippen LogP contribution in [0.25, 0.3) is 22.3 Å². The highest BCUT2D eigenvalue weighted by Crippen LogP contribution is 2.29. The molecule has 6 rings (SSSR count). The molecule has 3 aliphatic rings. The number of rotatable bonds is 5. The zero-order valence-electron chi connectivity index (χ0n) is 20.3. The SMILES string of the molecule is CN1CCN(CC(=O)n2ccc3ccc(-c4nccc(NC5CCC6NNCC6C5)n4)cc32)CC1. The second-order valence-electron chi connectivity index (χ2n) is 10.2. The minimum atomic E-state index is 0.101. The van der Waals surface area contributed by atoms with Crippen molar-refractivity contribution in [3.63, 3.8) is 0 Å². The first-order valence-corrected chi connectivity index (χ1v) is 12.8. The lowest BCUT2D eigenvalue weighted by Crippen LogP contribution is -2.46. The molecule has 184 valence electrons. The molecule has 2 saturated heterocycles. The summed E-state index contributed by atoms with van der Waals surface area (Å²) in [5, 5.41) is 4.69. The van der Waals surface area contributed by atoms with E-state index in [1.54, 1.807) is 4.57 Å². The van der Waals surface area contributed by atoms with Gasteiger partial charge in [0.15, 0.2) is 5.82 Å². The molecule has 9 nitrogen and oxygen atoms in total. The third-order valence-corrected chi connectivity index (χ3v) is 7.82. The Kier molecular flexibility index (Phi) is 6.24. The Morgan fingerprint density at radius 2 is 2.03 bits per heavy atom. The van der Waals surface area contributed by atoms with Gasteiger partial charge in [-0.05, 0) is 50.4 Å². The molecule has 35 heavy (non-hydrogen) atoms. The lowest BCUT2D eigenvalue weighted by atomic mass is 9.83. The van der Waals surface area contributed by atoms with Crippen molar-refractivity contribution < 1.29 is 4.79 Å². The van der Waals surface area contributed by atoms with E-state index in [1.807, 2.05) is 36.7 Å². The Bertz CT molecular complexity index is 1200. The van der Waals surface area contributed by atoms with Gasteiger partial charge in [-0.15, -0.1) is 0 Å². The highest BCUT2D eigenvalue weighted by molar-refractivity contribution is 5.95. The molecule has 3 unspecified atom stereocenters. The minimum Gasteiger partial charge on any atom is -0.367 e. The van der Waals surface area contributed by atoms with Crippen LogP contribution < -0.4 is 16.2 Å². The van der Waals surface area contributed by atoms with Gasteiger partial charge in [0.05, 0.1) is 12.1 Å². The van der Waals surface area contributed by atoms with E-state index in [2.05, 4.69) is 44.1 Å². The number of hydrazine groups is 1. The van der Waals surface area contributed by atoms with Gasteiger partial charge >= 0.3 is 0 Å². The maximum atomic E-state index is 13.1. The lowest BCUT2D eigenvalue weighted by molar-refractivity contribution is 0.0801. The first-order chi connectivity index (χ1) is 17.1. The fourth-order valence-electron chi connectivity index (χ4n) is 5.68. The molecule has 3 atom stereocenters. The van der Waals surface area contributed by atoms with Crippen LogP contribution in [0.4, 0.5) is 5.82 Å². The van der Waals surface area contributed by atoms with E-state index in [9.17, 15) is 4.79 Å². The summed E-state index contributed by atoms with van der Waals surface area (Å²) in [6.45, 7) is 5.32. The van der Waals surface area contributed by atoms with Crippen molar-refractivity contribution in [1.29, 1.82) is 0 Å². The van der Waals surface area contributed by atoms with Gasteiger partial charge in [0.25, 0.3) is 0 Å². The normalized spacial score (nSPS) is 25.6. The fraction of sp³-hybridized carbons (Fsp3) is 0.500. The Hall–Kier alpha value is -2.85. The molecule has 2 aromatic heterocycles. The number of benzene rings is 1. The average Bonchev–Trinajstić information content (AvgIpc) is 3.52. The third kappa shape index (κ3) is 4.81. The molecule has 0 bridgehead atoms. The van der Waals surface area contributed by atoms with E-state index in [4.69, 9.17) is 4.98 Å². The maximum absolute atomic E-state index is 13.1. The number of carbonyl (C=O) groups is 1. The monoisotopic (exact) mass is 474 g/mol. The molecule has 4 heterocycles. The van der Waals surface area contributed by atoms with Crippen molar-refractivity contribution in [3.8, 4) is 11.4 Å². The summed E-state index contributed by atoms with van der Waals surface area (Å²) >= 11 is 0. The second-order valence-corrected chi connectivity index (χ2v) is 10.2. The van der Waals surface area contributed by atoms with Crippen LogP contribution in [0.2, 0.25) is 0 Å². The Morgan fingerprint density at radius 1 is 1.14 bits per heavy atom. The molecule has 0 spiro atoms. The van der Waals surface area contributed by atoms with Gasteiger partial charge in [-0.1, -0.05) is 12.1 Å². The van der Waals surface area contributed by atoms with Crippen LogP contribution in [0.5, 0.6) is 0 Å². The largest absolute Gasteiger partial charge is 0.367 e. The molecule has 3 aromatic rings. The summed E-state index contributed by atoms with van der Waals surface area (Å²) < 4.78 is 1.78. The van der Waals surface area contributed by atoms with Gasteiger partial charge < -0.3 is 10.2 Å². The number of likely N-dealkylation sites (N-methyl/N-ethyl adjacent to an activating group) is 1. The highest BCUT2D eigenvalue weighted by Gasteiger charge is 2.33. The van der Waals surface area contributed by atoms with Crippen LogP contribution in [-0.2, 0) is 0 Å². The van der Waals surface area contributed by atoms with Crippen molar-refractivity contribution in [2.24, 2.45) is 5.92 Å². The van der Waals surface area contributed by atoms with E-state index < -0.39 is 0 Å². The number of anilines is 1. The number of hydrogen-bond donors (Lipinski definition) is 3. The number of hydrogen-bond acceptors (Lipinski definition) is 8. The van der Waals surface area contributed by atoms with Crippen LogP contribution in [0.1, 0.15) is 24.1 Å². The summed E-state index contributed by atoms with van der Waals surface area (Å²) in [5.74, 6) is 2.30. The van der Waals surface area contributed by atoms with Crippen molar-refractivity contribution >= 4 is 22.6 Å². The number of aromatic nitrogens is 3. The Balaban J connectivity index is 1.18. The minimum absolute atomic E-state index is 0.101. The highest BCUT2D eigenvalue weighted by atomic mass is 16.2. The lowest BCUT2D eigenvalue weighted by Gasteiger charge is -2.31. The molecule has 0 amide bonds. The number of nitrogens with one attached hydrogen (secondary N) is 3. The molecule has 2 aliphatic heterocycles. The topological polar surface area (TPSA) is 90.4 Å². The maximum Gasteiger partial charge on any atom is 0.245 e. The van der Waals surface area contributed by atoms with Crippen molar-refractivity contribution in [1.82, 2.24) is 35.2 Å². The summed E-state index contributed by atoms with van der Waals surface area (Å²) in [7, 11) is 2.13. The van der Waals surface area contributed by atoms with Gasteiger partial charge in [-0.2, -0.15) is 0 Å². The van der Waals surface area contributed by atoms with E-state index in [-0.39, 0.29) is 5.91 Å². The first kappa shape index (κ1) is 22.6. The van der Waals surface area contributed by atoms with Gasteiger partial charge in [-0.25, -0.2) is 9.97 Å². The number of piperazine rings is 1. The molecule has 3 fully saturated rings. The zero-order chi connectivity index (χ0) is 23.8. The quantitative estimate of drug-likeness (QED) is 0.518. The molecular formula is C26H34N8O. The molecule has 0 radical (unpaired) electrons. The molecule has 9 heteroatoms. The van der Waals surface area contributed by atoms with Crippen LogP contribution in [0.3, 0.4) is 0 Å². The number of fused-ring (bicyclic) bond motifs is 2. The first-order valence-electron chi connectivity index (χ1n) is 12.8. The van der Waals surface area contributed by atoms with Gasteiger partial charge in [-0.3, -0.25) is 25.1 Å². The average molecular weight is 475 g/mol. The second kappa shape index (κ2) is 9.66. The zero-order valence-corrected chi connectivity index (χ0v) is 20.3.